The Bertz CT molecular complexity index is 371. The van der Waals surface area contributed by atoms with Gasteiger partial charge in [-0.2, -0.15) is 0 Å². The maximum Gasteiger partial charge on any atom is 0.237 e. The summed E-state index contributed by atoms with van der Waals surface area (Å²) in [6.07, 6.45) is 2.22. The maximum absolute atomic E-state index is 11.6. The van der Waals surface area contributed by atoms with Crippen molar-refractivity contribution in [1.29, 1.82) is 0 Å². The second-order valence-corrected chi connectivity index (χ2v) is 4.31. The molecule has 5 heteroatoms. The molecular weight excluding hydrogens is 206 g/mol. The Hall–Kier alpha value is -1.36. The lowest BCUT2D eigenvalue weighted by atomic mass is 10.3. The number of nitrogens with one attached hydrogen (secondary N) is 2. The van der Waals surface area contributed by atoms with Gasteiger partial charge in [0, 0.05) is 18.7 Å². The Morgan fingerprint density at radius 2 is 2.44 bits per heavy atom. The van der Waals surface area contributed by atoms with E-state index in [0.717, 1.165) is 24.3 Å². The molecule has 1 aliphatic rings. The minimum atomic E-state index is -0.197. The van der Waals surface area contributed by atoms with E-state index in [-0.39, 0.29) is 11.9 Å². The molecule has 1 unspecified atom stereocenters. The number of carbonyl (C=O) groups is 1. The summed E-state index contributed by atoms with van der Waals surface area (Å²) in [6.45, 7) is 4.25. The minimum Gasteiger partial charge on any atom is -0.361 e. The van der Waals surface area contributed by atoms with Gasteiger partial charge in [-0.15, -0.1) is 0 Å². The molecule has 1 heterocycles. The summed E-state index contributed by atoms with van der Waals surface area (Å²) in [6, 6.07) is 2.07. The smallest absolute Gasteiger partial charge is 0.237 e. The van der Waals surface area contributed by atoms with Gasteiger partial charge < -0.3 is 15.2 Å². The monoisotopic (exact) mass is 223 g/mol. The number of aromatic nitrogens is 1. The lowest BCUT2D eigenvalue weighted by Gasteiger charge is -2.12. The molecule has 0 aliphatic heterocycles. The van der Waals surface area contributed by atoms with Crippen LogP contribution in [-0.2, 0) is 11.3 Å². The van der Waals surface area contributed by atoms with E-state index in [1.54, 1.807) is 0 Å². The summed E-state index contributed by atoms with van der Waals surface area (Å²) >= 11 is 0. The largest absolute Gasteiger partial charge is 0.361 e. The van der Waals surface area contributed by atoms with Crippen LogP contribution < -0.4 is 10.6 Å². The molecule has 0 bridgehead atoms. The number of aryl methyl sites for hydroxylation is 1. The number of hydrogen-bond donors (Lipinski definition) is 2. The van der Waals surface area contributed by atoms with Crippen LogP contribution in [0.3, 0.4) is 0 Å². The first-order valence-corrected chi connectivity index (χ1v) is 5.61. The fraction of sp³-hybridized carbons (Fsp3) is 0.636. The average Bonchev–Trinajstić information content (AvgIpc) is 2.96. The van der Waals surface area contributed by atoms with Gasteiger partial charge >= 0.3 is 0 Å². The molecule has 1 aromatic rings. The zero-order valence-electron chi connectivity index (χ0n) is 9.62. The van der Waals surface area contributed by atoms with Gasteiger partial charge in [0.1, 0.15) is 5.76 Å². The molecule has 1 fully saturated rings. The van der Waals surface area contributed by atoms with Crippen molar-refractivity contribution in [2.75, 3.05) is 0 Å². The second-order valence-electron chi connectivity index (χ2n) is 4.31. The molecule has 5 nitrogen and oxygen atoms in total. The zero-order valence-corrected chi connectivity index (χ0v) is 9.62. The van der Waals surface area contributed by atoms with Gasteiger partial charge in [-0.3, -0.25) is 4.79 Å². The van der Waals surface area contributed by atoms with Crippen molar-refractivity contribution in [1.82, 2.24) is 15.8 Å². The highest BCUT2D eigenvalue weighted by Gasteiger charge is 2.25. The third-order valence-electron chi connectivity index (χ3n) is 2.58. The van der Waals surface area contributed by atoms with Crippen molar-refractivity contribution >= 4 is 5.91 Å². The highest BCUT2D eigenvalue weighted by molar-refractivity contribution is 5.81. The van der Waals surface area contributed by atoms with Gasteiger partial charge in [0.2, 0.25) is 5.91 Å². The van der Waals surface area contributed by atoms with Crippen LogP contribution in [0.1, 0.15) is 31.2 Å². The summed E-state index contributed by atoms with van der Waals surface area (Å²) in [5.41, 5.74) is 0.823. The SMILES string of the molecule is Cc1cc(CNC(C)C(=O)NC2CC2)no1. The Labute approximate surface area is 94.6 Å². The molecule has 16 heavy (non-hydrogen) atoms. The highest BCUT2D eigenvalue weighted by atomic mass is 16.5. The first kappa shape index (κ1) is 11.1. The molecule has 2 rings (SSSR count). The molecule has 1 amide bonds. The van der Waals surface area contributed by atoms with Crippen molar-refractivity contribution in [2.45, 2.75) is 45.3 Å². The van der Waals surface area contributed by atoms with Gasteiger partial charge in [-0.1, -0.05) is 5.16 Å². The first-order valence-electron chi connectivity index (χ1n) is 5.61. The van der Waals surface area contributed by atoms with Crippen LogP contribution in [-0.4, -0.2) is 23.1 Å². The Morgan fingerprint density at radius 3 is 3.00 bits per heavy atom. The standard InChI is InChI=1S/C11H17N3O2/c1-7-5-10(14-16-7)6-12-8(2)11(15)13-9-3-4-9/h5,8-9,12H,3-4,6H2,1-2H3,(H,13,15). The van der Waals surface area contributed by atoms with Crippen molar-refractivity contribution in [2.24, 2.45) is 0 Å². The Balaban J connectivity index is 1.73. The summed E-state index contributed by atoms with van der Waals surface area (Å²) < 4.78 is 4.94. The van der Waals surface area contributed by atoms with Crippen LogP contribution in [0.15, 0.2) is 10.6 Å². The quantitative estimate of drug-likeness (QED) is 0.772. The molecule has 0 spiro atoms. The van der Waals surface area contributed by atoms with Gasteiger partial charge in [-0.25, -0.2) is 0 Å². The molecule has 1 saturated carbocycles. The summed E-state index contributed by atoms with van der Waals surface area (Å²) in [5.74, 6) is 0.842. The normalized spacial score (nSPS) is 17.1. The third-order valence-corrected chi connectivity index (χ3v) is 2.58. The molecule has 1 aromatic heterocycles. The predicted octanol–water partition coefficient (Wildman–Crippen LogP) is 0.740. The zero-order chi connectivity index (χ0) is 11.5. The van der Waals surface area contributed by atoms with E-state index >= 15 is 0 Å². The fourth-order valence-corrected chi connectivity index (χ4v) is 1.41. The molecule has 1 atom stereocenters. The lowest BCUT2D eigenvalue weighted by molar-refractivity contribution is -0.122. The van der Waals surface area contributed by atoms with Crippen LogP contribution >= 0.6 is 0 Å². The summed E-state index contributed by atoms with van der Waals surface area (Å²) in [7, 11) is 0. The Morgan fingerprint density at radius 1 is 1.69 bits per heavy atom. The van der Waals surface area contributed by atoms with E-state index < -0.39 is 0 Å². The number of hydrogen-bond acceptors (Lipinski definition) is 4. The number of nitrogens with zero attached hydrogens (tertiary/aromatic N) is 1. The van der Waals surface area contributed by atoms with Gasteiger partial charge in [-0.05, 0) is 26.7 Å². The topological polar surface area (TPSA) is 67.2 Å². The van der Waals surface area contributed by atoms with E-state index in [0.29, 0.717) is 12.6 Å². The van der Waals surface area contributed by atoms with Crippen LogP contribution in [0, 0.1) is 6.92 Å². The van der Waals surface area contributed by atoms with Crippen LogP contribution in [0.4, 0.5) is 0 Å². The van der Waals surface area contributed by atoms with Crippen LogP contribution in [0.25, 0.3) is 0 Å². The minimum absolute atomic E-state index is 0.0581. The van der Waals surface area contributed by atoms with Gasteiger partial charge in [0.15, 0.2) is 0 Å². The van der Waals surface area contributed by atoms with Crippen molar-refractivity contribution in [3.05, 3.63) is 17.5 Å². The highest BCUT2D eigenvalue weighted by Crippen LogP contribution is 2.18. The summed E-state index contributed by atoms with van der Waals surface area (Å²) in [5, 5.41) is 9.91. The van der Waals surface area contributed by atoms with E-state index in [4.69, 9.17) is 4.52 Å². The number of carbonyl (C=O) groups excluding carboxylic acids is 1. The summed E-state index contributed by atoms with van der Waals surface area (Å²) in [4.78, 5) is 11.6. The predicted molar refractivity (Wildman–Crippen MR) is 58.7 cm³/mol. The molecule has 88 valence electrons. The maximum atomic E-state index is 11.6. The van der Waals surface area contributed by atoms with Crippen molar-refractivity contribution < 1.29 is 9.32 Å². The van der Waals surface area contributed by atoms with E-state index in [2.05, 4.69) is 15.8 Å². The lowest BCUT2D eigenvalue weighted by Crippen LogP contribution is -2.42. The second kappa shape index (κ2) is 4.65. The number of amides is 1. The molecule has 2 N–H and O–H groups in total. The van der Waals surface area contributed by atoms with E-state index in [9.17, 15) is 4.79 Å². The third kappa shape index (κ3) is 3.06. The van der Waals surface area contributed by atoms with E-state index in [1.807, 2.05) is 19.9 Å². The number of rotatable bonds is 5. The van der Waals surface area contributed by atoms with Crippen molar-refractivity contribution in [3.8, 4) is 0 Å². The molecule has 0 saturated heterocycles. The van der Waals surface area contributed by atoms with Crippen LogP contribution in [0.2, 0.25) is 0 Å². The average molecular weight is 223 g/mol. The molecule has 1 aliphatic carbocycles. The Kier molecular flexibility index (Phi) is 3.24. The molecule has 0 radical (unpaired) electrons. The first-order chi connectivity index (χ1) is 7.65. The van der Waals surface area contributed by atoms with Gasteiger partial charge in [0.25, 0.3) is 0 Å². The van der Waals surface area contributed by atoms with Crippen LogP contribution in [0.5, 0.6) is 0 Å². The van der Waals surface area contributed by atoms with Crippen molar-refractivity contribution in [3.63, 3.8) is 0 Å². The van der Waals surface area contributed by atoms with E-state index in [1.165, 1.54) is 0 Å². The molecular formula is C11H17N3O2. The van der Waals surface area contributed by atoms with Gasteiger partial charge in [0.05, 0.1) is 11.7 Å². The molecule has 0 aromatic carbocycles. The fourth-order valence-electron chi connectivity index (χ4n) is 1.41.